The monoisotopic (exact) mass is 355 g/mol. The second-order valence-electron chi connectivity index (χ2n) is 4.71. The number of amides is 2. The van der Waals surface area contributed by atoms with Gasteiger partial charge in [-0.05, 0) is 11.0 Å². The number of aliphatic carboxylic acids is 1. The lowest BCUT2D eigenvalue weighted by molar-refractivity contribution is -0.134. The Bertz CT molecular complexity index is 653. The molecule has 1 heterocycles. The van der Waals surface area contributed by atoms with Crippen molar-refractivity contribution in [2.24, 2.45) is 5.73 Å². The van der Waals surface area contributed by atoms with Crippen LogP contribution in [0.25, 0.3) is 0 Å². The van der Waals surface area contributed by atoms with Gasteiger partial charge in [0.15, 0.2) is 0 Å². The quantitative estimate of drug-likeness (QED) is 0.436. The van der Waals surface area contributed by atoms with E-state index in [1.54, 1.807) is 30.3 Å². The van der Waals surface area contributed by atoms with Gasteiger partial charge in [0.2, 0.25) is 11.8 Å². The molecule has 1 aliphatic heterocycles. The molecule has 9 heteroatoms. The Kier molecular flexibility index (Phi) is 5.64. The predicted octanol–water partition coefficient (Wildman–Crippen LogP) is 0.525. The lowest BCUT2D eigenvalue weighted by Crippen LogP contribution is -2.68. The molecule has 1 aliphatic rings. The summed E-state index contributed by atoms with van der Waals surface area (Å²) < 4.78 is 0. The van der Waals surface area contributed by atoms with E-state index in [4.69, 9.17) is 22.4 Å². The molecule has 1 aromatic carbocycles. The van der Waals surface area contributed by atoms with Crippen LogP contribution in [0, 0.1) is 0 Å². The van der Waals surface area contributed by atoms with Gasteiger partial charge in [0.25, 0.3) is 0 Å². The molecule has 0 aliphatic carbocycles. The molecule has 1 fully saturated rings. The highest BCUT2D eigenvalue weighted by Gasteiger charge is 2.41. The van der Waals surface area contributed by atoms with Crippen molar-refractivity contribution in [3.63, 3.8) is 0 Å². The standard InChI is InChI=1S/C14H14ClN3O4S/c15-8(14(21)22)6-23-13-10(12(20)18-13)17-11(19)9(16)7-4-2-1-3-5-7/h1-6,9-10,13H,16H2,(H,17,19)(H,18,20)(H,21,22). The molecule has 2 amide bonds. The number of β-lactam (4-membered cyclic amide) rings is 1. The Hall–Kier alpha value is -2.03. The van der Waals surface area contributed by atoms with Gasteiger partial charge in [0.05, 0.1) is 0 Å². The average Bonchev–Trinajstić information content (AvgIpc) is 2.55. The zero-order valence-electron chi connectivity index (χ0n) is 11.7. The van der Waals surface area contributed by atoms with Crippen LogP contribution in [0.5, 0.6) is 0 Å². The lowest BCUT2D eigenvalue weighted by atomic mass is 10.1. The fourth-order valence-electron chi connectivity index (χ4n) is 1.85. The van der Waals surface area contributed by atoms with Crippen LogP contribution in [-0.2, 0) is 14.4 Å². The van der Waals surface area contributed by atoms with Crippen LogP contribution in [0.15, 0.2) is 40.8 Å². The van der Waals surface area contributed by atoms with Gasteiger partial charge in [-0.15, -0.1) is 11.8 Å². The summed E-state index contributed by atoms with van der Waals surface area (Å²) in [6, 6.07) is 7.06. The number of carbonyl (C=O) groups excluding carboxylic acids is 2. The first-order valence-electron chi connectivity index (χ1n) is 6.56. The molecule has 3 unspecified atom stereocenters. The van der Waals surface area contributed by atoms with Crippen LogP contribution >= 0.6 is 23.4 Å². The molecule has 0 spiro atoms. The fourth-order valence-corrected chi connectivity index (χ4v) is 2.90. The second-order valence-corrected chi connectivity index (χ2v) is 6.13. The number of nitrogens with two attached hydrogens (primary N) is 1. The molecule has 122 valence electrons. The number of carboxylic acid groups (broad SMARTS) is 1. The largest absolute Gasteiger partial charge is 0.477 e. The van der Waals surface area contributed by atoms with Crippen LogP contribution in [-0.4, -0.2) is 34.3 Å². The Morgan fingerprint density at radius 2 is 2.04 bits per heavy atom. The van der Waals surface area contributed by atoms with E-state index in [0.717, 1.165) is 11.8 Å². The van der Waals surface area contributed by atoms with E-state index in [0.29, 0.717) is 5.56 Å². The summed E-state index contributed by atoms with van der Waals surface area (Å²) in [5.41, 5.74) is 6.48. The summed E-state index contributed by atoms with van der Waals surface area (Å²) in [6.07, 6.45) is 0. The molecule has 7 nitrogen and oxygen atoms in total. The van der Waals surface area contributed by atoms with E-state index < -0.39 is 29.3 Å². The minimum atomic E-state index is -1.27. The molecular weight excluding hydrogens is 342 g/mol. The molecular formula is C14H14ClN3O4S. The van der Waals surface area contributed by atoms with Crippen LogP contribution in [0.1, 0.15) is 11.6 Å². The third-order valence-electron chi connectivity index (χ3n) is 3.13. The number of rotatable bonds is 6. The highest BCUT2D eigenvalue weighted by atomic mass is 35.5. The SMILES string of the molecule is NC(C(=O)NC1C(=O)NC1SC=C(Cl)C(=O)O)c1ccccc1. The topological polar surface area (TPSA) is 122 Å². The first-order chi connectivity index (χ1) is 10.9. The summed E-state index contributed by atoms with van der Waals surface area (Å²) >= 11 is 6.48. The van der Waals surface area contributed by atoms with Gasteiger partial charge in [0, 0.05) is 0 Å². The second kappa shape index (κ2) is 7.49. The van der Waals surface area contributed by atoms with E-state index in [9.17, 15) is 14.4 Å². The zero-order chi connectivity index (χ0) is 17.0. The van der Waals surface area contributed by atoms with Crippen molar-refractivity contribution in [3.05, 3.63) is 46.3 Å². The average molecular weight is 356 g/mol. The van der Waals surface area contributed by atoms with E-state index in [2.05, 4.69) is 10.6 Å². The van der Waals surface area contributed by atoms with Gasteiger partial charge in [-0.2, -0.15) is 0 Å². The zero-order valence-corrected chi connectivity index (χ0v) is 13.3. The van der Waals surface area contributed by atoms with Crippen molar-refractivity contribution in [2.75, 3.05) is 0 Å². The lowest BCUT2D eigenvalue weighted by Gasteiger charge is -2.36. The Morgan fingerprint density at radius 1 is 1.39 bits per heavy atom. The van der Waals surface area contributed by atoms with Crippen molar-refractivity contribution in [1.29, 1.82) is 0 Å². The van der Waals surface area contributed by atoms with Gasteiger partial charge in [-0.25, -0.2) is 4.79 Å². The third kappa shape index (κ3) is 4.25. The highest BCUT2D eigenvalue weighted by molar-refractivity contribution is 8.03. The maximum atomic E-state index is 12.1. The molecule has 0 saturated carbocycles. The molecule has 1 saturated heterocycles. The minimum Gasteiger partial charge on any atom is -0.477 e. The van der Waals surface area contributed by atoms with E-state index >= 15 is 0 Å². The van der Waals surface area contributed by atoms with E-state index in [1.165, 1.54) is 5.41 Å². The third-order valence-corrected chi connectivity index (χ3v) is 4.59. The molecule has 5 N–H and O–H groups in total. The molecule has 0 radical (unpaired) electrons. The molecule has 2 rings (SSSR count). The van der Waals surface area contributed by atoms with Gasteiger partial charge < -0.3 is 21.5 Å². The number of thioether (sulfide) groups is 1. The fraction of sp³-hybridized carbons (Fsp3) is 0.214. The van der Waals surface area contributed by atoms with Crippen LogP contribution in [0.4, 0.5) is 0 Å². The first-order valence-corrected chi connectivity index (χ1v) is 7.88. The van der Waals surface area contributed by atoms with Crippen LogP contribution in [0.3, 0.4) is 0 Å². The molecule has 1 aromatic rings. The summed E-state index contributed by atoms with van der Waals surface area (Å²) in [5.74, 6) is -2.12. The maximum Gasteiger partial charge on any atom is 0.347 e. The predicted molar refractivity (Wildman–Crippen MR) is 86.4 cm³/mol. The maximum absolute atomic E-state index is 12.1. The van der Waals surface area contributed by atoms with E-state index in [-0.39, 0.29) is 10.9 Å². The Morgan fingerprint density at radius 3 is 2.61 bits per heavy atom. The van der Waals surface area contributed by atoms with Crippen LogP contribution in [0.2, 0.25) is 0 Å². The summed E-state index contributed by atoms with van der Waals surface area (Å²) in [7, 11) is 0. The van der Waals surface area contributed by atoms with Crippen molar-refractivity contribution in [1.82, 2.24) is 10.6 Å². The highest BCUT2D eigenvalue weighted by Crippen LogP contribution is 2.24. The summed E-state index contributed by atoms with van der Waals surface area (Å²) in [4.78, 5) is 34.3. The van der Waals surface area contributed by atoms with Crippen molar-refractivity contribution in [3.8, 4) is 0 Å². The number of nitrogens with one attached hydrogen (secondary N) is 2. The van der Waals surface area contributed by atoms with Gasteiger partial charge in [0.1, 0.15) is 22.5 Å². The van der Waals surface area contributed by atoms with Crippen molar-refractivity contribution in [2.45, 2.75) is 17.5 Å². The minimum absolute atomic E-state index is 0.365. The van der Waals surface area contributed by atoms with Gasteiger partial charge >= 0.3 is 5.97 Å². The number of benzene rings is 1. The Labute approximate surface area is 141 Å². The number of carboxylic acids is 1. The van der Waals surface area contributed by atoms with E-state index in [1.807, 2.05) is 0 Å². The Balaban J connectivity index is 1.95. The normalized spacial score (nSPS) is 21.8. The smallest absolute Gasteiger partial charge is 0.347 e. The number of hydrogen-bond acceptors (Lipinski definition) is 5. The summed E-state index contributed by atoms with van der Waals surface area (Å²) in [5, 5.41) is 14.1. The number of halogens is 1. The van der Waals surface area contributed by atoms with Crippen LogP contribution < -0.4 is 16.4 Å². The first kappa shape index (κ1) is 17.3. The molecule has 23 heavy (non-hydrogen) atoms. The van der Waals surface area contributed by atoms with Crippen molar-refractivity contribution < 1.29 is 19.5 Å². The molecule has 3 atom stereocenters. The molecule has 0 aromatic heterocycles. The van der Waals surface area contributed by atoms with Crippen molar-refractivity contribution >= 4 is 41.1 Å². The van der Waals surface area contributed by atoms with Gasteiger partial charge in [-0.3, -0.25) is 9.59 Å². The summed E-state index contributed by atoms with van der Waals surface area (Å²) in [6.45, 7) is 0. The molecule has 0 bridgehead atoms. The number of hydrogen-bond donors (Lipinski definition) is 4. The number of carbonyl (C=O) groups is 3. The van der Waals surface area contributed by atoms with Gasteiger partial charge in [-0.1, -0.05) is 41.9 Å².